The van der Waals surface area contributed by atoms with E-state index in [4.69, 9.17) is 4.74 Å². The van der Waals surface area contributed by atoms with E-state index >= 15 is 0 Å². The first-order valence-electron chi connectivity index (χ1n) is 5.21. The van der Waals surface area contributed by atoms with Crippen molar-refractivity contribution in [3.8, 4) is 0 Å². The van der Waals surface area contributed by atoms with Crippen molar-refractivity contribution in [1.82, 2.24) is 0 Å². The fourth-order valence-corrected chi connectivity index (χ4v) is 1.63. The van der Waals surface area contributed by atoms with Gasteiger partial charge in [0.05, 0.1) is 0 Å². The van der Waals surface area contributed by atoms with Crippen molar-refractivity contribution < 1.29 is 4.74 Å². The van der Waals surface area contributed by atoms with Crippen LogP contribution in [0.4, 0.5) is 0 Å². The lowest BCUT2D eigenvalue weighted by atomic mass is 10.1. The largest absolute Gasteiger partial charge is 0.454 e. The Bertz CT molecular complexity index is 258. The maximum Gasteiger partial charge on any atom is 0.165 e. The Kier molecular flexibility index (Phi) is 2.86. The minimum atomic E-state index is 1.10. The minimum Gasteiger partial charge on any atom is -0.454 e. The molecule has 0 aromatic rings. The Hall–Kier alpha value is -0.980. The summed E-state index contributed by atoms with van der Waals surface area (Å²) in [5.41, 5.74) is 0. The molecule has 1 heterocycles. The Balaban J connectivity index is 1.91. The number of hydrogen-bond donors (Lipinski definition) is 0. The van der Waals surface area contributed by atoms with Gasteiger partial charge >= 0.3 is 0 Å². The number of ether oxygens (including phenoxy) is 1. The van der Waals surface area contributed by atoms with Gasteiger partial charge in [0, 0.05) is 6.42 Å². The molecule has 1 aliphatic heterocycles. The van der Waals surface area contributed by atoms with E-state index in [0.29, 0.717) is 0 Å². The predicted octanol–water partition coefficient (Wildman–Crippen LogP) is 3.69. The molecule has 0 radical (unpaired) electrons. The first-order chi connectivity index (χ1) is 6.47. The highest BCUT2D eigenvalue weighted by molar-refractivity contribution is 5.30. The second-order valence-electron chi connectivity index (χ2n) is 3.63. The van der Waals surface area contributed by atoms with E-state index in [1.807, 2.05) is 0 Å². The summed E-state index contributed by atoms with van der Waals surface area (Å²) in [5, 5.41) is 0. The zero-order valence-corrected chi connectivity index (χ0v) is 7.96. The van der Waals surface area contributed by atoms with Gasteiger partial charge in [-0.25, -0.2) is 0 Å². The van der Waals surface area contributed by atoms with Gasteiger partial charge in [-0.15, -0.1) is 0 Å². The van der Waals surface area contributed by atoms with Crippen molar-refractivity contribution >= 4 is 0 Å². The van der Waals surface area contributed by atoms with Gasteiger partial charge in [-0.2, -0.15) is 0 Å². The van der Waals surface area contributed by atoms with E-state index in [0.717, 1.165) is 12.2 Å². The third-order valence-electron chi connectivity index (χ3n) is 2.49. The van der Waals surface area contributed by atoms with E-state index in [1.165, 1.54) is 37.9 Å². The second-order valence-corrected chi connectivity index (χ2v) is 3.63. The fourth-order valence-electron chi connectivity index (χ4n) is 1.63. The molecule has 70 valence electrons. The molecule has 0 bridgehead atoms. The summed E-state index contributed by atoms with van der Waals surface area (Å²) in [6.07, 6.45) is 16.2. The van der Waals surface area contributed by atoms with Crippen LogP contribution in [0, 0.1) is 0 Å². The molecule has 2 aliphatic rings. The van der Waals surface area contributed by atoms with E-state index < -0.39 is 0 Å². The van der Waals surface area contributed by atoms with Crippen molar-refractivity contribution in [2.45, 2.75) is 38.5 Å². The van der Waals surface area contributed by atoms with Crippen molar-refractivity contribution in [2.75, 3.05) is 0 Å². The quantitative estimate of drug-likeness (QED) is 0.548. The highest BCUT2D eigenvalue weighted by Crippen LogP contribution is 2.32. The molecule has 0 spiro atoms. The molecule has 0 aromatic carbocycles. The van der Waals surface area contributed by atoms with E-state index in [9.17, 15) is 0 Å². The van der Waals surface area contributed by atoms with Crippen LogP contribution in [0.1, 0.15) is 38.5 Å². The molecule has 0 N–H and O–H groups in total. The van der Waals surface area contributed by atoms with Crippen molar-refractivity contribution in [1.29, 1.82) is 0 Å². The smallest absolute Gasteiger partial charge is 0.165 e. The second kappa shape index (κ2) is 4.31. The zero-order valence-electron chi connectivity index (χ0n) is 7.96. The molecular weight excluding hydrogens is 160 g/mol. The van der Waals surface area contributed by atoms with Crippen molar-refractivity contribution in [3.05, 3.63) is 35.8 Å². The van der Waals surface area contributed by atoms with Crippen LogP contribution in [0.25, 0.3) is 0 Å². The molecule has 0 unspecified atom stereocenters. The highest BCUT2D eigenvalue weighted by Gasteiger charge is 2.20. The summed E-state index contributed by atoms with van der Waals surface area (Å²) in [6.45, 7) is 0. The zero-order chi connectivity index (χ0) is 8.93. The average molecular weight is 176 g/mol. The summed E-state index contributed by atoms with van der Waals surface area (Å²) >= 11 is 0. The fraction of sp³-hybridized carbons (Fsp3) is 0.500. The van der Waals surface area contributed by atoms with Crippen LogP contribution in [0.3, 0.4) is 0 Å². The summed E-state index contributed by atoms with van der Waals surface area (Å²) in [7, 11) is 0. The normalized spacial score (nSPS) is 27.7. The van der Waals surface area contributed by atoms with E-state index in [-0.39, 0.29) is 0 Å². The molecule has 0 amide bonds. The van der Waals surface area contributed by atoms with Gasteiger partial charge in [0.2, 0.25) is 0 Å². The molecule has 1 nitrogen and oxygen atoms in total. The van der Waals surface area contributed by atoms with Gasteiger partial charge in [0.15, 0.2) is 5.76 Å². The lowest BCUT2D eigenvalue weighted by Crippen LogP contribution is -1.77. The maximum absolute atomic E-state index is 5.34. The van der Waals surface area contributed by atoms with Gasteiger partial charge in [-0.3, -0.25) is 0 Å². The van der Waals surface area contributed by atoms with Crippen LogP contribution in [0.2, 0.25) is 0 Å². The molecule has 2 rings (SSSR count). The lowest BCUT2D eigenvalue weighted by Gasteiger charge is -1.95. The van der Waals surface area contributed by atoms with Crippen LogP contribution in [0.5, 0.6) is 0 Å². The molecule has 0 fully saturated rings. The molecule has 1 aliphatic carbocycles. The van der Waals surface area contributed by atoms with Gasteiger partial charge < -0.3 is 4.74 Å². The highest BCUT2D eigenvalue weighted by atomic mass is 16.6. The summed E-state index contributed by atoms with van der Waals surface area (Å²) in [5.74, 6) is 2.32. The monoisotopic (exact) mass is 176 g/mol. The molecule has 0 atom stereocenters. The average Bonchev–Trinajstić information content (AvgIpc) is 2.83. The SMILES string of the molecule is C1=C\CCCCCCC2=C(\C=C/1)O2. The Morgan fingerprint density at radius 1 is 1.00 bits per heavy atom. The third-order valence-corrected chi connectivity index (χ3v) is 2.49. The summed E-state index contributed by atoms with van der Waals surface area (Å²) in [6, 6.07) is 0. The van der Waals surface area contributed by atoms with Crippen LogP contribution in [0.15, 0.2) is 35.8 Å². The molecule has 13 heavy (non-hydrogen) atoms. The molecular formula is C12H16O. The Morgan fingerprint density at radius 3 is 2.92 bits per heavy atom. The Morgan fingerprint density at radius 2 is 1.92 bits per heavy atom. The first kappa shape index (κ1) is 8.61. The molecule has 0 saturated heterocycles. The number of hydrogen-bond acceptors (Lipinski definition) is 1. The van der Waals surface area contributed by atoms with Gasteiger partial charge in [0.25, 0.3) is 0 Å². The van der Waals surface area contributed by atoms with Crippen LogP contribution >= 0.6 is 0 Å². The minimum absolute atomic E-state index is 1.10. The maximum atomic E-state index is 5.34. The summed E-state index contributed by atoms with van der Waals surface area (Å²) < 4.78 is 5.34. The predicted molar refractivity (Wildman–Crippen MR) is 54.1 cm³/mol. The third kappa shape index (κ3) is 2.76. The first-order valence-corrected chi connectivity index (χ1v) is 5.21. The standard InChI is InChI=1S/C12H16O/c1-2-4-6-8-10-12-11(13-12)9-7-5-3-1/h3,5,7,9H,1-2,4,6,8,10H2/b5-3-,9-7-. The van der Waals surface area contributed by atoms with Crippen LogP contribution in [-0.2, 0) is 4.74 Å². The number of allylic oxidation sites excluding steroid dienone is 5. The van der Waals surface area contributed by atoms with Crippen molar-refractivity contribution in [2.24, 2.45) is 0 Å². The molecule has 1 heteroatoms. The topological polar surface area (TPSA) is 12.5 Å². The number of rotatable bonds is 0. The van der Waals surface area contributed by atoms with E-state index in [2.05, 4.69) is 24.3 Å². The van der Waals surface area contributed by atoms with Gasteiger partial charge in [-0.1, -0.05) is 31.1 Å². The van der Waals surface area contributed by atoms with Gasteiger partial charge in [0.1, 0.15) is 5.76 Å². The summed E-state index contributed by atoms with van der Waals surface area (Å²) in [4.78, 5) is 0. The van der Waals surface area contributed by atoms with Crippen LogP contribution < -0.4 is 0 Å². The Labute approximate surface area is 79.8 Å². The van der Waals surface area contributed by atoms with Crippen molar-refractivity contribution in [3.63, 3.8) is 0 Å². The molecule has 0 aromatic heterocycles. The van der Waals surface area contributed by atoms with Gasteiger partial charge in [-0.05, 0) is 25.3 Å². The van der Waals surface area contributed by atoms with Crippen LogP contribution in [-0.4, -0.2) is 0 Å². The lowest BCUT2D eigenvalue weighted by molar-refractivity contribution is 0.455. The van der Waals surface area contributed by atoms with E-state index in [1.54, 1.807) is 0 Å². The molecule has 0 saturated carbocycles.